The molecule has 0 fully saturated rings. The highest BCUT2D eigenvalue weighted by Gasteiger charge is 2.22. The average molecular weight is 329 g/mol. The molecular weight excluding hydrogens is 316 g/mol. The number of allylic oxidation sites excluding steroid dienone is 1. The number of aliphatic hydroxyl groups is 1. The van der Waals surface area contributed by atoms with Crippen LogP contribution in [0.15, 0.2) is 42.9 Å². The number of nitrogens with two attached hydrogens (primary N) is 1. The van der Waals surface area contributed by atoms with Crippen molar-refractivity contribution < 1.29 is 18.7 Å². The lowest BCUT2D eigenvalue weighted by Crippen LogP contribution is -2.07. The Kier molecular flexibility index (Phi) is 4.09. The van der Waals surface area contributed by atoms with Gasteiger partial charge in [0.25, 0.3) is 0 Å². The molecule has 0 saturated carbocycles. The highest BCUT2D eigenvalue weighted by Crippen LogP contribution is 2.27. The number of fused-ring (bicyclic) bond motifs is 1. The van der Waals surface area contributed by atoms with Crippen LogP contribution in [0.1, 0.15) is 21.5 Å². The third-order valence-corrected chi connectivity index (χ3v) is 3.67. The summed E-state index contributed by atoms with van der Waals surface area (Å²) in [6.07, 6.45) is 3.84. The van der Waals surface area contributed by atoms with Gasteiger partial charge in [-0.15, -0.1) is 0 Å². The number of aliphatic hydroxyl groups excluding tert-OH is 1. The van der Waals surface area contributed by atoms with E-state index < -0.39 is 17.4 Å². The second kappa shape index (κ2) is 6.21. The molecule has 0 amide bonds. The van der Waals surface area contributed by atoms with E-state index in [1.165, 1.54) is 24.5 Å². The Labute approximate surface area is 135 Å². The van der Waals surface area contributed by atoms with Gasteiger partial charge in [-0.2, -0.15) is 0 Å². The first-order chi connectivity index (χ1) is 11.6. The maximum atomic E-state index is 14.0. The average Bonchev–Trinajstić information content (AvgIpc) is 3.02. The summed E-state index contributed by atoms with van der Waals surface area (Å²) in [6.45, 7) is -0.236. The van der Waals surface area contributed by atoms with Gasteiger partial charge in [0.2, 0.25) is 0 Å². The minimum atomic E-state index is -1.14. The van der Waals surface area contributed by atoms with Crippen LogP contribution in [-0.2, 0) is 6.61 Å². The molecule has 0 spiro atoms. The van der Waals surface area contributed by atoms with Crippen LogP contribution in [0.2, 0.25) is 0 Å². The fourth-order valence-corrected chi connectivity index (χ4v) is 2.47. The molecule has 0 radical (unpaired) electrons. The van der Waals surface area contributed by atoms with Crippen molar-refractivity contribution in [1.82, 2.24) is 9.97 Å². The summed E-state index contributed by atoms with van der Waals surface area (Å²) in [5, 5.41) is 9.67. The maximum Gasteiger partial charge on any atom is 0.197 e. The van der Waals surface area contributed by atoms with Crippen LogP contribution in [0.3, 0.4) is 0 Å². The predicted octanol–water partition coefficient (Wildman–Crippen LogP) is 2.52. The second-order valence-electron chi connectivity index (χ2n) is 5.11. The largest absolute Gasteiger partial charge is 0.404 e. The van der Waals surface area contributed by atoms with Gasteiger partial charge in [-0.3, -0.25) is 4.79 Å². The third-order valence-electron chi connectivity index (χ3n) is 3.67. The van der Waals surface area contributed by atoms with Crippen molar-refractivity contribution in [3.63, 3.8) is 0 Å². The number of aromatic nitrogens is 2. The van der Waals surface area contributed by atoms with Crippen molar-refractivity contribution in [3.8, 4) is 0 Å². The van der Waals surface area contributed by atoms with Gasteiger partial charge >= 0.3 is 0 Å². The SMILES string of the molecule is NC=C(C(=O)c1c[nH]c2ncc(CO)cc12)c1cccc(F)c1F. The van der Waals surface area contributed by atoms with Gasteiger partial charge in [-0.25, -0.2) is 13.8 Å². The number of ketones is 1. The number of rotatable bonds is 4. The van der Waals surface area contributed by atoms with Crippen LogP contribution >= 0.6 is 0 Å². The predicted molar refractivity (Wildman–Crippen MR) is 84.9 cm³/mol. The number of halogens is 2. The molecule has 7 heteroatoms. The highest BCUT2D eigenvalue weighted by atomic mass is 19.2. The molecule has 5 nitrogen and oxygen atoms in total. The van der Waals surface area contributed by atoms with Gasteiger partial charge < -0.3 is 15.8 Å². The van der Waals surface area contributed by atoms with Crippen molar-refractivity contribution in [1.29, 1.82) is 0 Å². The molecule has 0 bridgehead atoms. The highest BCUT2D eigenvalue weighted by molar-refractivity contribution is 6.32. The first kappa shape index (κ1) is 15.8. The quantitative estimate of drug-likeness (QED) is 0.506. The summed E-state index contributed by atoms with van der Waals surface area (Å²) in [6, 6.07) is 5.13. The molecule has 2 heterocycles. The first-order valence-corrected chi connectivity index (χ1v) is 7.04. The Morgan fingerprint density at radius 2 is 2.12 bits per heavy atom. The van der Waals surface area contributed by atoms with Crippen molar-refractivity contribution in [2.24, 2.45) is 5.73 Å². The molecule has 24 heavy (non-hydrogen) atoms. The first-order valence-electron chi connectivity index (χ1n) is 7.04. The number of carbonyl (C=O) groups is 1. The van der Waals surface area contributed by atoms with E-state index in [-0.39, 0.29) is 23.3 Å². The molecule has 3 aromatic rings. The van der Waals surface area contributed by atoms with E-state index in [0.717, 1.165) is 12.3 Å². The minimum Gasteiger partial charge on any atom is -0.404 e. The molecular formula is C17H13F2N3O2. The van der Waals surface area contributed by atoms with Crippen molar-refractivity contribution in [2.45, 2.75) is 6.61 Å². The van der Waals surface area contributed by atoms with E-state index in [9.17, 15) is 18.7 Å². The summed E-state index contributed by atoms with van der Waals surface area (Å²) in [5.74, 6) is -2.79. The van der Waals surface area contributed by atoms with Gasteiger partial charge in [0.05, 0.1) is 6.61 Å². The number of carbonyl (C=O) groups excluding carboxylic acids is 1. The molecule has 3 rings (SSSR count). The number of hydrogen-bond donors (Lipinski definition) is 3. The number of nitrogens with zero attached hydrogens (tertiary/aromatic N) is 1. The van der Waals surface area contributed by atoms with Crippen molar-refractivity contribution >= 4 is 22.4 Å². The molecule has 4 N–H and O–H groups in total. The van der Waals surface area contributed by atoms with E-state index >= 15 is 0 Å². The number of Topliss-reactive ketones (excluding diaryl/α,β-unsaturated/α-hetero) is 1. The van der Waals surface area contributed by atoms with Gasteiger partial charge in [0, 0.05) is 40.7 Å². The number of H-pyrrole nitrogens is 1. The lowest BCUT2D eigenvalue weighted by atomic mass is 9.97. The standard InChI is InChI=1S/C17H13F2N3O2/c18-14-3-1-2-10(15(14)19)12(5-20)16(24)13-7-22-17-11(13)4-9(8-23)6-21-17/h1-7,23H,8,20H2,(H,21,22). The molecule has 0 aliphatic heterocycles. The van der Waals surface area contributed by atoms with Crippen LogP contribution in [-0.4, -0.2) is 20.9 Å². The van der Waals surface area contributed by atoms with Gasteiger partial charge in [0.1, 0.15) is 5.65 Å². The van der Waals surface area contributed by atoms with E-state index in [1.807, 2.05) is 0 Å². The molecule has 0 saturated heterocycles. The summed E-state index contributed by atoms with van der Waals surface area (Å²) < 4.78 is 27.4. The van der Waals surface area contributed by atoms with E-state index in [1.54, 1.807) is 6.07 Å². The number of pyridine rings is 1. The summed E-state index contributed by atoms with van der Waals surface area (Å²) in [4.78, 5) is 19.7. The Morgan fingerprint density at radius 1 is 1.33 bits per heavy atom. The van der Waals surface area contributed by atoms with Crippen LogP contribution in [0.5, 0.6) is 0 Å². The van der Waals surface area contributed by atoms with E-state index in [0.29, 0.717) is 16.6 Å². The van der Waals surface area contributed by atoms with E-state index in [2.05, 4.69) is 9.97 Å². The fraction of sp³-hybridized carbons (Fsp3) is 0.0588. The summed E-state index contributed by atoms with van der Waals surface area (Å²) in [7, 11) is 0. The Bertz CT molecular complexity index is 964. The lowest BCUT2D eigenvalue weighted by Gasteiger charge is -2.07. The second-order valence-corrected chi connectivity index (χ2v) is 5.11. The van der Waals surface area contributed by atoms with Crippen LogP contribution in [0, 0.1) is 11.6 Å². The Balaban J connectivity index is 2.12. The lowest BCUT2D eigenvalue weighted by molar-refractivity contribution is 0.105. The number of nitrogens with one attached hydrogen (secondary N) is 1. The van der Waals surface area contributed by atoms with Crippen molar-refractivity contribution in [3.05, 3.63) is 71.2 Å². The van der Waals surface area contributed by atoms with Gasteiger partial charge in [-0.1, -0.05) is 12.1 Å². The molecule has 2 aromatic heterocycles. The minimum absolute atomic E-state index is 0.165. The summed E-state index contributed by atoms with van der Waals surface area (Å²) >= 11 is 0. The molecule has 0 aliphatic carbocycles. The smallest absolute Gasteiger partial charge is 0.197 e. The normalized spacial score (nSPS) is 11.9. The Hall–Kier alpha value is -3.06. The number of benzene rings is 1. The zero-order chi connectivity index (χ0) is 17.3. The monoisotopic (exact) mass is 329 g/mol. The van der Waals surface area contributed by atoms with Gasteiger partial charge in [0.15, 0.2) is 17.4 Å². The van der Waals surface area contributed by atoms with E-state index in [4.69, 9.17) is 5.73 Å². The number of aromatic amines is 1. The molecule has 0 atom stereocenters. The molecule has 0 aliphatic rings. The zero-order valence-corrected chi connectivity index (χ0v) is 12.4. The zero-order valence-electron chi connectivity index (χ0n) is 12.4. The number of hydrogen-bond acceptors (Lipinski definition) is 4. The molecule has 1 aromatic carbocycles. The van der Waals surface area contributed by atoms with Crippen LogP contribution < -0.4 is 5.73 Å². The fourth-order valence-electron chi connectivity index (χ4n) is 2.47. The Morgan fingerprint density at radius 3 is 2.83 bits per heavy atom. The molecule has 0 unspecified atom stereocenters. The topological polar surface area (TPSA) is 92.0 Å². The third kappa shape index (κ3) is 2.55. The van der Waals surface area contributed by atoms with Crippen LogP contribution in [0.4, 0.5) is 8.78 Å². The maximum absolute atomic E-state index is 14.0. The summed E-state index contributed by atoms with van der Waals surface area (Å²) in [5.41, 5.74) is 6.27. The van der Waals surface area contributed by atoms with Crippen molar-refractivity contribution in [2.75, 3.05) is 0 Å². The molecule has 122 valence electrons. The van der Waals surface area contributed by atoms with Crippen LogP contribution in [0.25, 0.3) is 16.6 Å². The van der Waals surface area contributed by atoms with Gasteiger partial charge in [-0.05, 0) is 17.7 Å².